The predicted octanol–water partition coefficient (Wildman–Crippen LogP) is 3.06. The summed E-state index contributed by atoms with van der Waals surface area (Å²) < 4.78 is 0. The minimum absolute atomic E-state index is 0.118. The Labute approximate surface area is 112 Å². The third kappa shape index (κ3) is 2.58. The normalized spacial score (nSPS) is 24.1. The number of carbonyl (C=O) groups is 1. The molecule has 1 aliphatic rings. The largest absolute Gasteiger partial charge is 0.478 e. The molecule has 0 aromatic carbocycles. The Morgan fingerprint density at radius 3 is 2.89 bits per heavy atom. The van der Waals surface area contributed by atoms with Gasteiger partial charge in [-0.1, -0.05) is 18.5 Å². The molecule has 0 aliphatic carbocycles. The lowest BCUT2D eigenvalue weighted by Gasteiger charge is -2.37. The van der Waals surface area contributed by atoms with E-state index in [9.17, 15) is 4.79 Å². The van der Waals surface area contributed by atoms with Crippen LogP contribution in [-0.2, 0) is 0 Å². The molecule has 1 fully saturated rings. The molecule has 2 atom stereocenters. The van der Waals surface area contributed by atoms with Gasteiger partial charge in [0.2, 0.25) is 0 Å². The molecule has 1 aromatic rings. The van der Waals surface area contributed by atoms with Crippen LogP contribution >= 0.6 is 11.6 Å². The number of halogens is 1. The number of aromatic carboxylic acids is 1. The van der Waals surface area contributed by atoms with Gasteiger partial charge in [-0.3, -0.25) is 0 Å². The van der Waals surface area contributed by atoms with Crippen molar-refractivity contribution < 1.29 is 9.90 Å². The highest BCUT2D eigenvalue weighted by Crippen LogP contribution is 2.28. The molecule has 18 heavy (non-hydrogen) atoms. The summed E-state index contributed by atoms with van der Waals surface area (Å²) in [6.07, 6.45) is 3.63. The summed E-state index contributed by atoms with van der Waals surface area (Å²) in [5.41, 5.74) is 0.118. The minimum Gasteiger partial charge on any atom is -0.478 e. The monoisotopic (exact) mass is 268 g/mol. The van der Waals surface area contributed by atoms with Crippen LogP contribution < -0.4 is 4.90 Å². The molecule has 0 bridgehead atoms. The average Bonchev–Trinajstić information content (AvgIpc) is 2.30. The van der Waals surface area contributed by atoms with Crippen molar-refractivity contribution in [2.24, 2.45) is 5.92 Å². The van der Waals surface area contributed by atoms with E-state index in [1.807, 2.05) is 0 Å². The van der Waals surface area contributed by atoms with Gasteiger partial charge in [0.25, 0.3) is 0 Å². The number of aromatic nitrogens is 1. The highest BCUT2D eigenvalue weighted by molar-refractivity contribution is 6.33. The van der Waals surface area contributed by atoms with Gasteiger partial charge in [-0.15, -0.1) is 0 Å². The second kappa shape index (κ2) is 5.14. The van der Waals surface area contributed by atoms with E-state index in [4.69, 9.17) is 16.7 Å². The fourth-order valence-electron chi connectivity index (χ4n) is 2.50. The fourth-order valence-corrected chi connectivity index (χ4v) is 2.68. The van der Waals surface area contributed by atoms with Crippen LogP contribution in [0.3, 0.4) is 0 Å². The van der Waals surface area contributed by atoms with Gasteiger partial charge in [-0.25, -0.2) is 9.78 Å². The molecule has 4 nitrogen and oxygen atoms in total. The Hall–Kier alpha value is -1.29. The molecule has 5 heteroatoms. The van der Waals surface area contributed by atoms with Crippen molar-refractivity contribution in [2.45, 2.75) is 32.7 Å². The number of carboxylic acid groups (broad SMARTS) is 1. The standard InChI is InChI=1S/C13H17ClN2O2/c1-8-3-4-16(9(2)5-8)12-6-10(13(17)18)11(14)7-15-12/h6-9H,3-5H2,1-2H3,(H,17,18). The zero-order valence-electron chi connectivity index (χ0n) is 10.6. The van der Waals surface area contributed by atoms with E-state index in [1.54, 1.807) is 6.07 Å². The van der Waals surface area contributed by atoms with Crippen molar-refractivity contribution in [1.82, 2.24) is 4.98 Å². The van der Waals surface area contributed by atoms with Crippen molar-refractivity contribution in [3.63, 3.8) is 0 Å². The van der Waals surface area contributed by atoms with Crippen LogP contribution in [0.5, 0.6) is 0 Å². The molecule has 1 saturated heterocycles. The molecule has 2 heterocycles. The minimum atomic E-state index is -1.01. The zero-order chi connectivity index (χ0) is 13.3. The Morgan fingerprint density at radius 1 is 1.56 bits per heavy atom. The predicted molar refractivity (Wildman–Crippen MR) is 71.4 cm³/mol. The first-order valence-electron chi connectivity index (χ1n) is 6.14. The van der Waals surface area contributed by atoms with Crippen LogP contribution in [-0.4, -0.2) is 28.6 Å². The third-order valence-electron chi connectivity index (χ3n) is 3.50. The van der Waals surface area contributed by atoms with Crippen molar-refractivity contribution in [3.8, 4) is 0 Å². The smallest absolute Gasteiger partial charge is 0.337 e. The van der Waals surface area contributed by atoms with Crippen molar-refractivity contribution in [1.29, 1.82) is 0 Å². The van der Waals surface area contributed by atoms with Crippen molar-refractivity contribution in [3.05, 3.63) is 22.8 Å². The van der Waals surface area contributed by atoms with E-state index >= 15 is 0 Å². The van der Waals surface area contributed by atoms with Gasteiger partial charge in [-0.2, -0.15) is 0 Å². The molecular weight excluding hydrogens is 252 g/mol. The highest BCUT2D eigenvalue weighted by atomic mass is 35.5. The Bertz CT molecular complexity index is 464. The van der Waals surface area contributed by atoms with Gasteiger partial charge >= 0.3 is 5.97 Å². The zero-order valence-corrected chi connectivity index (χ0v) is 11.3. The molecule has 0 amide bonds. The third-order valence-corrected chi connectivity index (χ3v) is 3.81. The first kappa shape index (κ1) is 13.1. The number of pyridine rings is 1. The fraction of sp³-hybridized carbons (Fsp3) is 0.538. The Balaban J connectivity index is 2.28. The van der Waals surface area contributed by atoms with Gasteiger partial charge in [0, 0.05) is 18.8 Å². The highest BCUT2D eigenvalue weighted by Gasteiger charge is 2.24. The van der Waals surface area contributed by atoms with E-state index in [-0.39, 0.29) is 10.6 Å². The maximum atomic E-state index is 11.1. The van der Waals surface area contributed by atoms with E-state index in [0.29, 0.717) is 17.8 Å². The van der Waals surface area contributed by atoms with E-state index in [0.717, 1.165) is 19.4 Å². The second-order valence-corrected chi connectivity index (χ2v) is 5.41. The lowest BCUT2D eigenvalue weighted by molar-refractivity contribution is 0.0697. The van der Waals surface area contributed by atoms with Crippen LogP contribution in [0.25, 0.3) is 0 Å². The molecule has 2 unspecified atom stereocenters. The molecule has 0 spiro atoms. The molecule has 1 aromatic heterocycles. The van der Waals surface area contributed by atoms with Gasteiger partial charge in [0.15, 0.2) is 0 Å². The summed E-state index contributed by atoms with van der Waals surface area (Å²) in [5.74, 6) is 0.403. The van der Waals surface area contributed by atoms with E-state index in [2.05, 4.69) is 23.7 Å². The van der Waals surface area contributed by atoms with Gasteiger partial charge in [-0.05, 0) is 31.7 Å². The molecule has 0 radical (unpaired) electrons. The maximum absolute atomic E-state index is 11.1. The molecule has 1 aliphatic heterocycles. The maximum Gasteiger partial charge on any atom is 0.337 e. The second-order valence-electron chi connectivity index (χ2n) is 5.00. The number of carboxylic acids is 1. The average molecular weight is 269 g/mol. The number of piperidine rings is 1. The van der Waals surface area contributed by atoms with Crippen molar-refractivity contribution >= 4 is 23.4 Å². The Morgan fingerprint density at radius 2 is 2.28 bits per heavy atom. The van der Waals surface area contributed by atoms with Crippen molar-refractivity contribution in [2.75, 3.05) is 11.4 Å². The summed E-state index contributed by atoms with van der Waals surface area (Å²) >= 11 is 5.83. The number of anilines is 1. The number of rotatable bonds is 2. The number of hydrogen-bond donors (Lipinski definition) is 1. The first-order valence-corrected chi connectivity index (χ1v) is 6.52. The summed E-state index contributed by atoms with van der Waals surface area (Å²) in [7, 11) is 0. The SMILES string of the molecule is CC1CCN(c2cc(C(=O)O)c(Cl)cn2)C(C)C1. The Kier molecular flexibility index (Phi) is 3.76. The van der Waals surface area contributed by atoms with E-state index < -0.39 is 5.97 Å². The summed E-state index contributed by atoms with van der Waals surface area (Å²) in [4.78, 5) is 17.5. The molecule has 0 saturated carbocycles. The van der Waals surface area contributed by atoms with Crippen LogP contribution in [0, 0.1) is 5.92 Å². The van der Waals surface area contributed by atoms with E-state index in [1.165, 1.54) is 6.20 Å². The summed E-state index contributed by atoms with van der Waals surface area (Å²) in [6.45, 7) is 5.30. The number of hydrogen-bond acceptors (Lipinski definition) is 3. The number of nitrogens with zero attached hydrogens (tertiary/aromatic N) is 2. The lowest BCUT2D eigenvalue weighted by Crippen LogP contribution is -2.40. The van der Waals surface area contributed by atoms with Gasteiger partial charge in [0.1, 0.15) is 5.82 Å². The van der Waals surface area contributed by atoms with Crippen LogP contribution in [0.1, 0.15) is 37.0 Å². The van der Waals surface area contributed by atoms with Gasteiger partial charge < -0.3 is 10.0 Å². The van der Waals surface area contributed by atoms with Crippen LogP contribution in [0.15, 0.2) is 12.3 Å². The molecule has 1 N–H and O–H groups in total. The summed E-state index contributed by atoms with van der Waals surface area (Å²) in [6, 6.07) is 1.95. The topological polar surface area (TPSA) is 53.4 Å². The van der Waals surface area contributed by atoms with Crippen LogP contribution in [0.2, 0.25) is 5.02 Å². The lowest BCUT2D eigenvalue weighted by atomic mass is 9.93. The molecule has 98 valence electrons. The molecule has 2 rings (SSSR count). The van der Waals surface area contributed by atoms with Crippen LogP contribution in [0.4, 0.5) is 5.82 Å². The quantitative estimate of drug-likeness (QED) is 0.896. The first-order chi connectivity index (χ1) is 8.49. The summed E-state index contributed by atoms with van der Waals surface area (Å²) in [5, 5.41) is 9.25. The molecular formula is C13H17ClN2O2. The van der Waals surface area contributed by atoms with Gasteiger partial charge in [0.05, 0.1) is 10.6 Å².